The first-order valence-electron chi connectivity index (χ1n) is 8.37. The zero-order chi connectivity index (χ0) is 17.4. The van der Waals surface area contributed by atoms with Crippen LogP contribution in [-0.4, -0.2) is 16.1 Å². The predicted molar refractivity (Wildman–Crippen MR) is 90.3 cm³/mol. The lowest BCUT2D eigenvalue weighted by molar-refractivity contribution is -0.137. The quantitative estimate of drug-likeness (QED) is 0.756. The molecule has 3 nitrogen and oxygen atoms in total. The van der Waals surface area contributed by atoms with Gasteiger partial charge < -0.3 is 9.88 Å². The Hall–Kier alpha value is -2.34. The average Bonchev–Trinajstić information content (AvgIpc) is 3.23. The molecule has 1 fully saturated rings. The number of imidazole rings is 1. The van der Waals surface area contributed by atoms with Crippen LogP contribution < -0.4 is 5.32 Å². The smallest absolute Gasteiger partial charge is 0.322 e. The van der Waals surface area contributed by atoms with Crippen LogP contribution in [0.2, 0.25) is 0 Å². The summed E-state index contributed by atoms with van der Waals surface area (Å²) in [4.78, 5) is 4.57. The molecule has 4 rings (SSSR count). The summed E-state index contributed by atoms with van der Waals surface area (Å²) in [7, 11) is 0. The molecule has 1 saturated heterocycles. The molecule has 1 aliphatic rings. The third kappa shape index (κ3) is 3.14. The fourth-order valence-electron chi connectivity index (χ4n) is 3.43. The largest absolute Gasteiger partial charge is 0.416 e. The third-order valence-corrected chi connectivity index (χ3v) is 4.66. The molecule has 1 atom stereocenters. The van der Waals surface area contributed by atoms with Gasteiger partial charge in [0.15, 0.2) is 0 Å². The highest BCUT2D eigenvalue weighted by Crippen LogP contribution is 2.33. The molecule has 6 heteroatoms. The number of nitrogens with one attached hydrogen (secondary N) is 1. The van der Waals surface area contributed by atoms with E-state index in [4.69, 9.17) is 0 Å². The van der Waals surface area contributed by atoms with E-state index >= 15 is 0 Å². The van der Waals surface area contributed by atoms with Gasteiger partial charge in [0.25, 0.3) is 0 Å². The predicted octanol–water partition coefficient (Wildman–Crippen LogP) is 4.53. The molecular weight excluding hydrogens is 327 g/mol. The van der Waals surface area contributed by atoms with Crippen LogP contribution in [0.4, 0.5) is 13.2 Å². The van der Waals surface area contributed by atoms with Gasteiger partial charge in [-0.1, -0.05) is 30.3 Å². The second kappa shape index (κ2) is 6.19. The molecule has 1 unspecified atom stereocenters. The van der Waals surface area contributed by atoms with Gasteiger partial charge in [-0.05, 0) is 43.1 Å². The fourth-order valence-corrected chi connectivity index (χ4v) is 3.43. The van der Waals surface area contributed by atoms with Crippen LogP contribution in [0.3, 0.4) is 0 Å². The molecule has 1 N–H and O–H groups in total. The zero-order valence-electron chi connectivity index (χ0n) is 13.6. The monoisotopic (exact) mass is 345 g/mol. The molecule has 0 saturated carbocycles. The van der Waals surface area contributed by atoms with Gasteiger partial charge in [0.2, 0.25) is 0 Å². The van der Waals surface area contributed by atoms with E-state index in [2.05, 4.69) is 10.3 Å². The molecule has 0 amide bonds. The van der Waals surface area contributed by atoms with Gasteiger partial charge in [-0.2, -0.15) is 13.2 Å². The molecule has 1 aliphatic heterocycles. The zero-order valence-corrected chi connectivity index (χ0v) is 13.6. The van der Waals surface area contributed by atoms with Crippen LogP contribution in [0.25, 0.3) is 11.0 Å². The van der Waals surface area contributed by atoms with Crippen LogP contribution in [0, 0.1) is 0 Å². The Morgan fingerprint density at radius 3 is 2.60 bits per heavy atom. The van der Waals surface area contributed by atoms with E-state index in [1.807, 2.05) is 34.9 Å². The van der Waals surface area contributed by atoms with Gasteiger partial charge in [0.1, 0.15) is 5.82 Å². The summed E-state index contributed by atoms with van der Waals surface area (Å²) in [5.74, 6) is 0.815. The Kier molecular flexibility index (Phi) is 4.00. The first-order valence-corrected chi connectivity index (χ1v) is 8.37. The minimum atomic E-state index is -4.36. The maximum atomic E-state index is 13.0. The van der Waals surface area contributed by atoms with Crippen molar-refractivity contribution in [2.45, 2.75) is 31.6 Å². The maximum Gasteiger partial charge on any atom is 0.416 e. The molecule has 25 heavy (non-hydrogen) atoms. The van der Waals surface area contributed by atoms with E-state index in [0.717, 1.165) is 48.4 Å². The second-order valence-electron chi connectivity index (χ2n) is 6.39. The lowest BCUT2D eigenvalue weighted by Gasteiger charge is -2.14. The van der Waals surface area contributed by atoms with E-state index < -0.39 is 11.7 Å². The van der Waals surface area contributed by atoms with Crippen LogP contribution in [0.5, 0.6) is 0 Å². The summed E-state index contributed by atoms with van der Waals surface area (Å²) < 4.78 is 41.1. The lowest BCUT2D eigenvalue weighted by atomic mass is 10.1. The molecule has 0 bridgehead atoms. The number of alkyl halides is 3. The van der Waals surface area contributed by atoms with Crippen molar-refractivity contribution in [2.75, 3.05) is 6.54 Å². The number of halogens is 3. The third-order valence-electron chi connectivity index (χ3n) is 4.66. The fraction of sp³-hybridized carbons (Fsp3) is 0.316. The Bertz CT molecular complexity index is 878. The van der Waals surface area contributed by atoms with Crippen molar-refractivity contribution in [1.29, 1.82) is 0 Å². The van der Waals surface area contributed by atoms with E-state index in [-0.39, 0.29) is 6.04 Å². The molecule has 1 aromatic heterocycles. The molecule has 130 valence electrons. The van der Waals surface area contributed by atoms with Crippen LogP contribution in [0.15, 0.2) is 48.5 Å². The lowest BCUT2D eigenvalue weighted by Crippen LogP contribution is -2.18. The second-order valence-corrected chi connectivity index (χ2v) is 6.39. The summed E-state index contributed by atoms with van der Waals surface area (Å²) in [6, 6.07) is 13.8. The summed E-state index contributed by atoms with van der Waals surface area (Å²) >= 11 is 0. The van der Waals surface area contributed by atoms with Crippen molar-refractivity contribution in [1.82, 2.24) is 14.9 Å². The number of aromatic nitrogens is 2. The standard InChI is InChI=1S/C19H18F3N3/c20-19(21,22)14-8-9-17-16(11-14)24-18(15-7-4-10-23-15)25(17)12-13-5-2-1-3-6-13/h1-3,5-6,8-9,11,15,23H,4,7,10,12H2. The highest BCUT2D eigenvalue weighted by atomic mass is 19.4. The molecule has 3 aromatic rings. The Morgan fingerprint density at radius 1 is 1.12 bits per heavy atom. The van der Waals surface area contributed by atoms with Crippen molar-refractivity contribution in [3.63, 3.8) is 0 Å². The first kappa shape index (κ1) is 16.1. The summed E-state index contributed by atoms with van der Waals surface area (Å²) in [6.45, 7) is 1.50. The van der Waals surface area contributed by atoms with Crippen molar-refractivity contribution in [3.05, 3.63) is 65.5 Å². The SMILES string of the molecule is FC(F)(F)c1ccc2c(c1)nc(C1CCCN1)n2Cc1ccccc1. The summed E-state index contributed by atoms with van der Waals surface area (Å²) in [5.41, 5.74) is 1.58. The van der Waals surface area contributed by atoms with Crippen LogP contribution >= 0.6 is 0 Å². The number of hydrogen-bond acceptors (Lipinski definition) is 2. The van der Waals surface area contributed by atoms with Crippen molar-refractivity contribution in [2.24, 2.45) is 0 Å². The van der Waals surface area contributed by atoms with E-state index in [0.29, 0.717) is 12.1 Å². The molecule has 2 heterocycles. The van der Waals surface area contributed by atoms with Gasteiger partial charge in [0, 0.05) is 6.54 Å². The number of nitrogens with zero attached hydrogens (tertiary/aromatic N) is 2. The minimum absolute atomic E-state index is 0.0884. The molecular formula is C19H18F3N3. The number of hydrogen-bond donors (Lipinski definition) is 1. The van der Waals surface area contributed by atoms with Crippen molar-refractivity contribution >= 4 is 11.0 Å². The Morgan fingerprint density at radius 2 is 1.92 bits per heavy atom. The van der Waals surface area contributed by atoms with Crippen molar-refractivity contribution < 1.29 is 13.2 Å². The normalized spacial score (nSPS) is 18.1. The molecule has 0 radical (unpaired) electrons. The van der Waals surface area contributed by atoms with Gasteiger partial charge >= 0.3 is 6.18 Å². The van der Waals surface area contributed by atoms with Crippen LogP contribution in [-0.2, 0) is 12.7 Å². The van der Waals surface area contributed by atoms with E-state index in [9.17, 15) is 13.2 Å². The van der Waals surface area contributed by atoms with Gasteiger partial charge in [-0.15, -0.1) is 0 Å². The number of rotatable bonds is 3. The minimum Gasteiger partial charge on any atom is -0.322 e. The summed E-state index contributed by atoms with van der Waals surface area (Å²) in [6.07, 6.45) is -2.36. The highest BCUT2D eigenvalue weighted by Gasteiger charge is 2.31. The molecule has 0 spiro atoms. The van der Waals surface area contributed by atoms with Gasteiger partial charge in [-0.3, -0.25) is 0 Å². The highest BCUT2D eigenvalue weighted by molar-refractivity contribution is 5.77. The topological polar surface area (TPSA) is 29.9 Å². The summed E-state index contributed by atoms with van der Waals surface area (Å²) in [5, 5.41) is 3.40. The maximum absolute atomic E-state index is 13.0. The van der Waals surface area contributed by atoms with Crippen molar-refractivity contribution in [3.8, 4) is 0 Å². The average molecular weight is 345 g/mol. The number of fused-ring (bicyclic) bond motifs is 1. The molecule has 2 aromatic carbocycles. The Balaban J connectivity index is 1.83. The van der Waals surface area contributed by atoms with Crippen LogP contribution in [0.1, 0.15) is 35.8 Å². The number of benzene rings is 2. The first-order chi connectivity index (χ1) is 12.0. The van der Waals surface area contributed by atoms with Gasteiger partial charge in [0.05, 0.1) is 22.6 Å². The Labute approximate surface area is 143 Å². The van der Waals surface area contributed by atoms with E-state index in [1.165, 1.54) is 6.07 Å². The van der Waals surface area contributed by atoms with E-state index in [1.54, 1.807) is 0 Å². The van der Waals surface area contributed by atoms with Gasteiger partial charge in [-0.25, -0.2) is 4.98 Å². The molecule has 0 aliphatic carbocycles.